The third-order valence-electron chi connectivity index (χ3n) is 2.44. The maximum Gasteiger partial charge on any atom is 0.0478 e. The number of hydrogen-bond donors (Lipinski definition) is 1. The highest BCUT2D eigenvalue weighted by Gasteiger charge is 2.18. The molecular weight excluding hydrogens is 190 g/mol. The van der Waals surface area contributed by atoms with Gasteiger partial charge in [0.25, 0.3) is 0 Å². The maximum atomic E-state index is 3.50. The van der Waals surface area contributed by atoms with Crippen LogP contribution >= 0.6 is 11.8 Å². The molecule has 0 spiro atoms. The second-order valence-corrected chi connectivity index (χ2v) is 5.59. The molecule has 0 fully saturated rings. The molecule has 1 atom stereocenters. The van der Waals surface area contributed by atoms with E-state index in [0.29, 0.717) is 0 Å². The van der Waals surface area contributed by atoms with Crippen molar-refractivity contribution in [3.05, 3.63) is 24.3 Å². The van der Waals surface area contributed by atoms with Crippen LogP contribution in [0.1, 0.15) is 20.3 Å². The smallest absolute Gasteiger partial charge is 0.0478 e. The van der Waals surface area contributed by atoms with Gasteiger partial charge in [-0.05, 0) is 24.5 Å². The molecule has 0 saturated heterocycles. The molecule has 0 aromatic heterocycles. The SMILES string of the molecule is CC(C)CC1CNc2ccccc2S1. The normalized spacial score (nSPS) is 20.4. The Bertz CT molecular complexity index is 309. The molecule has 1 aliphatic rings. The predicted molar refractivity (Wildman–Crippen MR) is 64.0 cm³/mol. The fourth-order valence-electron chi connectivity index (χ4n) is 1.82. The zero-order valence-electron chi connectivity index (χ0n) is 8.79. The molecule has 2 rings (SSSR count). The first-order chi connectivity index (χ1) is 6.75. The van der Waals surface area contributed by atoms with E-state index in [1.165, 1.54) is 17.0 Å². The van der Waals surface area contributed by atoms with Crippen LogP contribution in [0.4, 0.5) is 5.69 Å². The molecule has 0 saturated carbocycles. The summed E-state index contributed by atoms with van der Waals surface area (Å²) in [6, 6.07) is 8.58. The molecule has 1 unspecified atom stereocenters. The molecule has 2 heteroatoms. The van der Waals surface area contributed by atoms with E-state index in [9.17, 15) is 0 Å². The standard InChI is InChI=1S/C12H17NS/c1-9(2)7-10-8-13-11-5-3-4-6-12(11)14-10/h3-6,9-10,13H,7-8H2,1-2H3. The molecule has 1 heterocycles. The second kappa shape index (κ2) is 4.26. The Hall–Kier alpha value is -0.630. The number of hydrogen-bond acceptors (Lipinski definition) is 2. The summed E-state index contributed by atoms with van der Waals surface area (Å²) in [5.74, 6) is 0.791. The fourth-order valence-corrected chi connectivity index (χ4v) is 3.25. The van der Waals surface area contributed by atoms with Gasteiger partial charge in [0.1, 0.15) is 0 Å². The summed E-state index contributed by atoms with van der Waals surface area (Å²) in [5.41, 5.74) is 1.30. The molecule has 1 nitrogen and oxygen atoms in total. The lowest BCUT2D eigenvalue weighted by Gasteiger charge is -2.26. The Balaban J connectivity index is 2.06. The average Bonchev–Trinajstić information content (AvgIpc) is 2.17. The van der Waals surface area contributed by atoms with Crippen LogP contribution in [0.5, 0.6) is 0 Å². The van der Waals surface area contributed by atoms with E-state index in [1.54, 1.807) is 0 Å². The quantitative estimate of drug-likeness (QED) is 0.795. The number of nitrogens with one attached hydrogen (secondary N) is 1. The summed E-state index contributed by atoms with van der Waals surface area (Å²) < 4.78 is 0. The average molecular weight is 207 g/mol. The molecule has 1 aromatic rings. The van der Waals surface area contributed by atoms with Gasteiger partial charge in [-0.2, -0.15) is 0 Å². The van der Waals surface area contributed by atoms with Crippen LogP contribution in [0.3, 0.4) is 0 Å². The van der Waals surface area contributed by atoms with E-state index in [-0.39, 0.29) is 0 Å². The number of anilines is 1. The van der Waals surface area contributed by atoms with Crippen molar-refractivity contribution in [2.24, 2.45) is 5.92 Å². The van der Waals surface area contributed by atoms with Gasteiger partial charge in [-0.15, -0.1) is 11.8 Å². The van der Waals surface area contributed by atoms with Gasteiger partial charge in [-0.1, -0.05) is 26.0 Å². The molecule has 1 aliphatic heterocycles. The fraction of sp³-hybridized carbons (Fsp3) is 0.500. The van der Waals surface area contributed by atoms with Crippen LogP contribution < -0.4 is 5.32 Å². The van der Waals surface area contributed by atoms with Crippen molar-refractivity contribution in [3.8, 4) is 0 Å². The van der Waals surface area contributed by atoms with E-state index in [4.69, 9.17) is 0 Å². The van der Waals surface area contributed by atoms with Gasteiger partial charge in [-0.25, -0.2) is 0 Å². The number of benzene rings is 1. The zero-order chi connectivity index (χ0) is 9.97. The van der Waals surface area contributed by atoms with E-state index >= 15 is 0 Å². The maximum absolute atomic E-state index is 3.50. The van der Waals surface area contributed by atoms with Crippen molar-refractivity contribution in [1.82, 2.24) is 0 Å². The summed E-state index contributed by atoms with van der Waals surface area (Å²) >= 11 is 2.02. The van der Waals surface area contributed by atoms with Crippen molar-refractivity contribution in [2.75, 3.05) is 11.9 Å². The third-order valence-corrected chi connectivity index (χ3v) is 3.74. The van der Waals surface area contributed by atoms with Gasteiger partial charge in [0, 0.05) is 22.4 Å². The summed E-state index contributed by atoms with van der Waals surface area (Å²) in [7, 11) is 0. The predicted octanol–water partition coefficient (Wildman–Crippen LogP) is 3.62. The summed E-state index contributed by atoms with van der Waals surface area (Å²) in [6.07, 6.45) is 1.30. The van der Waals surface area contributed by atoms with Crippen molar-refractivity contribution in [2.45, 2.75) is 30.4 Å². The van der Waals surface area contributed by atoms with E-state index in [1.807, 2.05) is 11.8 Å². The highest BCUT2D eigenvalue weighted by Crippen LogP contribution is 2.36. The molecule has 0 radical (unpaired) electrons. The Kier molecular flexibility index (Phi) is 3.02. The van der Waals surface area contributed by atoms with Crippen LogP contribution in [-0.2, 0) is 0 Å². The molecule has 1 aromatic carbocycles. The Morgan fingerprint density at radius 3 is 3.00 bits per heavy atom. The number of thioether (sulfide) groups is 1. The second-order valence-electron chi connectivity index (χ2n) is 4.25. The minimum atomic E-state index is 0.741. The first-order valence-corrected chi connectivity index (χ1v) is 6.13. The Labute approximate surface area is 90.3 Å². The largest absolute Gasteiger partial charge is 0.383 e. The highest BCUT2D eigenvalue weighted by atomic mass is 32.2. The van der Waals surface area contributed by atoms with Gasteiger partial charge in [0.05, 0.1) is 0 Å². The van der Waals surface area contributed by atoms with E-state index < -0.39 is 0 Å². The van der Waals surface area contributed by atoms with Crippen LogP contribution in [0.2, 0.25) is 0 Å². The lowest BCUT2D eigenvalue weighted by Crippen LogP contribution is -2.22. The van der Waals surface area contributed by atoms with E-state index in [0.717, 1.165) is 17.7 Å². The van der Waals surface area contributed by atoms with Crippen molar-refractivity contribution < 1.29 is 0 Å². The number of rotatable bonds is 2. The molecular formula is C12H17NS. The van der Waals surface area contributed by atoms with Gasteiger partial charge in [0.2, 0.25) is 0 Å². The topological polar surface area (TPSA) is 12.0 Å². The van der Waals surface area contributed by atoms with Gasteiger partial charge < -0.3 is 5.32 Å². The zero-order valence-corrected chi connectivity index (χ0v) is 9.60. The molecule has 0 bridgehead atoms. The van der Waals surface area contributed by atoms with Gasteiger partial charge in [-0.3, -0.25) is 0 Å². The lowest BCUT2D eigenvalue weighted by molar-refractivity contribution is 0.574. The molecule has 14 heavy (non-hydrogen) atoms. The first kappa shape index (κ1) is 9.91. The Morgan fingerprint density at radius 2 is 2.21 bits per heavy atom. The number of fused-ring (bicyclic) bond motifs is 1. The molecule has 1 N–H and O–H groups in total. The first-order valence-electron chi connectivity index (χ1n) is 5.25. The molecule has 0 amide bonds. The molecule has 76 valence electrons. The van der Waals surface area contributed by atoms with Crippen LogP contribution in [-0.4, -0.2) is 11.8 Å². The van der Waals surface area contributed by atoms with Crippen molar-refractivity contribution >= 4 is 17.4 Å². The van der Waals surface area contributed by atoms with Gasteiger partial charge in [0.15, 0.2) is 0 Å². The number of para-hydroxylation sites is 1. The van der Waals surface area contributed by atoms with Crippen molar-refractivity contribution in [1.29, 1.82) is 0 Å². The van der Waals surface area contributed by atoms with Gasteiger partial charge >= 0.3 is 0 Å². The lowest BCUT2D eigenvalue weighted by atomic mass is 10.1. The summed E-state index contributed by atoms with van der Waals surface area (Å²) in [4.78, 5) is 1.41. The van der Waals surface area contributed by atoms with Crippen LogP contribution in [0.15, 0.2) is 29.2 Å². The highest BCUT2D eigenvalue weighted by molar-refractivity contribution is 8.00. The summed E-state index contributed by atoms with van der Waals surface area (Å²) in [6.45, 7) is 5.70. The monoisotopic (exact) mass is 207 g/mol. The van der Waals surface area contributed by atoms with Crippen LogP contribution in [0.25, 0.3) is 0 Å². The van der Waals surface area contributed by atoms with E-state index in [2.05, 4.69) is 43.4 Å². The molecule has 0 aliphatic carbocycles. The Morgan fingerprint density at radius 1 is 1.43 bits per heavy atom. The minimum Gasteiger partial charge on any atom is -0.383 e. The summed E-state index contributed by atoms with van der Waals surface area (Å²) in [5, 5.41) is 4.24. The van der Waals surface area contributed by atoms with Crippen molar-refractivity contribution in [3.63, 3.8) is 0 Å². The van der Waals surface area contributed by atoms with Crippen LogP contribution in [0, 0.1) is 5.92 Å². The third kappa shape index (κ3) is 2.24. The minimum absolute atomic E-state index is 0.741.